The Bertz CT molecular complexity index is 1140. The Labute approximate surface area is 199 Å². The first-order valence-electron chi connectivity index (χ1n) is 11.5. The number of hydrogen-bond acceptors (Lipinski definition) is 4. The van der Waals surface area contributed by atoms with Crippen LogP contribution in [0.3, 0.4) is 0 Å². The third kappa shape index (κ3) is 4.72. The van der Waals surface area contributed by atoms with E-state index in [1.807, 2.05) is 35.4 Å². The number of benzene rings is 1. The Kier molecular flexibility index (Phi) is 6.29. The van der Waals surface area contributed by atoms with E-state index >= 15 is 0 Å². The van der Waals surface area contributed by atoms with Crippen molar-refractivity contribution < 1.29 is 4.79 Å². The number of nitrogens with one attached hydrogen (secondary N) is 1. The van der Waals surface area contributed by atoms with Gasteiger partial charge in [0.05, 0.1) is 23.6 Å². The molecule has 1 N–H and O–H groups in total. The van der Waals surface area contributed by atoms with Crippen molar-refractivity contribution in [2.24, 2.45) is 5.92 Å². The number of pyridine rings is 2. The molecular weight excluding hydrogens is 434 g/mol. The topological polar surface area (TPSA) is 61.4 Å². The standard InChI is InChI=1S/C26H28ClN5O/c1-18-16-31(12-13-32(17-18)26(33)30-22-5-3-10-28-15-22)25-23-9-8-21(27)14-20(23)7-6-19-4-2-11-29-24(19)25/h2-5,8-11,14-15,18,25H,6-7,12-13,16-17H2,1H3,(H,30,33)/t18-,25?/m1/s1. The largest absolute Gasteiger partial charge is 0.323 e. The Hall–Kier alpha value is -2.96. The molecule has 1 unspecified atom stereocenters. The molecule has 2 atom stereocenters. The van der Waals surface area contributed by atoms with Gasteiger partial charge in [-0.2, -0.15) is 0 Å². The molecule has 0 bridgehead atoms. The summed E-state index contributed by atoms with van der Waals surface area (Å²) in [6, 6.07) is 14.1. The van der Waals surface area contributed by atoms with Crippen LogP contribution >= 0.6 is 11.6 Å². The first-order chi connectivity index (χ1) is 16.1. The Morgan fingerprint density at radius 3 is 2.76 bits per heavy atom. The van der Waals surface area contributed by atoms with Gasteiger partial charge in [0.1, 0.15) is 0 Å². The van der Waals surface area contributed by atoms with Crippen molar-refractivity contribution in [1.29, 1.82) is 0 Å². The molecule has 0 spiro atoms. The highest BCUT2D eigenvalue weighted by Crippen LogP contribution is 2.37. The fourth-order valence-corrected chi connectivity index (χ4v) is 5.27. The maximum absolute atomic E-state index is 13.0. The third-order valence-corrected chi connectivity index (χ3v) is 6.78. The van der Waals surface area contributed by atoms with Gasteiger partial charge >= 0.3 is 6.03 Å². The second kappa shape index (κ2) is 9.49. The van der Waals surface area contributed by atoms with Gasteiger partial charge in [0, 0.05) is 43.6 Å². The normalized spacial score (nSPS) is 20.8. The number of carbonyl (C=O) groups is 1. The van der Waals surface area contributed by atoms with E-state index in [-0.39, 0.29) is 12.1 Å². The molecule has 0 saturated carbocycles. The molecule has 7 heteroatoms. The zero-order chi connectivity index (χ0) is 22.8. The van der Waals surface area contributed by atoms with Crippen LogP contribution in [0.25, 0.3) is 0 Å². The lowest BCUT2D eigenvalue weighted by molar-refractivity contribution is 0.205. The summed E-state index contributed by atoms with van der Waals surface area (Å²) in [7, 11) is 0. The first kappa shape index (κ1) is 21.9. The summed E-state index contributed by atoms with van der Waals surface area (Å²) in [4.78, 5) is 26.3. The second-order valence-corrected chi connectivity index (χ2v) is 9.45. The molecule has 1 aliphatic carbocycles. The molecule has 1 fully saturated rings. The van der Waals surface area contributed by atoms with E-state index in [1.165, 1.54) is 16.7 Å². The number of carbonyl (C=O) groups excluding carboxylic acids is 1. The van der Waals surface area contributed by atoms with Gasteiger partial charge in [-0.25, -0.2) is 4.79 Å². The van der Waals surface area contributed by atoms with Gasteiger partial charge in [0.25, 0.3) is 0 Å². The van der Waals surface area contributed by atoms with E-state index < -0.39 is 0 Å². The van der Waals surface area contributed by atoms with Crippen LogP contribution in [0.5, 0.6) is 0 Å². The van der Waals surface area contributed by atoms with Crippen molar-refractivity contribution in [1.82, 2.24) is 19.8 Å². The van der Waals surface area contributed by atoms with E-state index in [0.29, 0.717) is 24.7 Å². The fourth-order valence-electron chi connectivity index (χ4n) is 5.08. The number of halogens is 1. The number of aromatic nitrogens is 2. The Morgan fingerprint density at radius 2 is 1.91 bits per heavy atom. The molecule has 1 saturated heterocycles. The summed E-state index contributed by atoms with van der Waals surface area (Å²) >= 11 is 6.36. The Balaban J connectivity index is 1.43. The van der Waals surface area contributed by atoms with E-state index in [4.69, 9.17) is 16.6 Å². The van der Waals surface area contributed by atoms with E-state index in [2.05, 4.69) is 40.3 Å². The summed E-state index contributed by atoms with van der Waals surface area (Å²) < 4.78 is 0. The smallest absolute Gasteiger partial charge is 0.321 e. The average Bonchev–Trinajstić information content (AvgIpc) is 3.11. The zero-order valence-electron chi connectivity index (χ0n) is 18.7. The molecule has 170 valence electrons. The molecule has 3 aromatic rings. The minimum Gasteiger partial charge on any atom is -0.323 e. The highest BCUT2D eigenvalue weighted by molar-refractivity contribution is 6.30. The van der Waals surface area contributed by atoms with Crippen LogP contribution in [-0.4, -0.2) is 52.0 Å². The van der Waals surface area contributed by atoms with Crippen LogP contribution in [0.15, 0.2) is 61.1 Å². The predicted molar refractivity (Wildman–Crippen MR) is 131 cm³/mol. The van der Waals surface area contributed by atoms with Crippen molar-refractivity contribution >= 4 is 23.3 Å². The van der Waals surface area contributed by atoms with Crippen LogP contribution < -0.4 is 5.32 Å². The van der Waals surface area contributed by atoms with Gasteiger partial charge < -0.3 is 10.2 Å². The summed E-state index contributed by atoms with van der Waals surface area (Å²) in [6.07, 6.45) is 7.17. The van der Waals surface area contributed by atoms with Crippen LogP contribution in [0.2, 0.25) is 5.02 Å². The quantitative estimate of drug-likeness (QED) is 0.595. The lowest BCUT2D eigenvalue weighted by Gasteiger charge is -2.32. The maximum atomic E-state index is 13.0. The van der Waals surface area contributed by atoms with Crippen LogP contribution in [0, 0.1) is 5.92 Å². The van der Waals surface area contributed by atoms with Crippen LogP contribution in [0.1, 0.15) is 35.3 Å². The van der Waals surface area contributed by atoms with Gasteiger partial charge in [-0.1, -0.05) is 30.7 Å². The second-order valence-electron chi connectivity index (χ2n) is 9.01. The monoisotopic (exact) mass is 461 g/mol. The summed E-state index contributed by atoms with van der Waals surface area (Å²) in [5.41, 5.74) is 5.69. The molecule has 2 amide bonds. The highest BCUT2D eigenvalue weighted by Gasteiger charge is 2.33. The molecule has 6 nitrogen and oxygen atoms in total. The number of anilines is 1. The molecule has 1 aromatic carbocycles. The van der Waals surface area contributed by atoms with Crippen molar-refractivity contribution in [3.05, 3.63) is 88.5 Å². The van der Waals surface area contributed by atoms with E-state index in [1.54, 1.807) is 12.4 Å². The number of aryl methyl sites for hydroxylation is 2. The summed E-state index contributed by atoms with van der Waals surface area (Å²) in [6.45, 7) is 5.23. The number of fused-ring (bicyclic) bond motifs is 2. The SMILES string of the molecule is C[C@H]1CN(C(=O)Nc2cccnc2)CCN(C2c3ccc(Cl)cc3CCc3cccnc32)C1. The molecule has 2 aliphatic rings. The number of nitrogens with zero attached hydrogens (tertiary/aromatic N) is 4. The molecule has 5 rings (SSSR count). The molecular formula is C26H28ClN5O. The number of hydrogen-bond donors (Lipinski definition) is 1. The van der Waals surface area contributed by atoms with Crippen molar-refractivity contribution in [2.45, 2.75) is 25.8 Å². The predicted octanol–water partition coefficient (Wildman–Crippen LogP) is 4.80. The van der Waals surface area contributed by atoms with Crippen molar-refractivity contribution in [3.63, 3.8) is 0 Å². The maximum Gasteiger partial charge on any atom is 0.321 e. The highest BCUT2D eigenvalue weighted by atomic mass is 35.5. The van der Waals surface area contributed by atoms with Gasteiger partial charge in [-0.15, -0.1) is 0 Å². The van der Waals surface area contributed by atoms with Gasteiger partial charge in [-0.3, -0.25) is 14.9 Å². The van der Waals surface area contributed by atoms with Gasteiger partial charge in [-0.05, 0) is 65.8 Å². The van der Waals surface area contributed by atoms with Crippen molar-refractivity contribution in [2.75, 3.05) is 31.5 Å². The van der Waals surface area contributed by atoms with Crippen LogP contribution in [-0.2, 0) is 12.8 Å². The molecule has 3 heterocycles. The van der Waals surface area contributed by atoms with Gasteiger partial charge in [0.2, 0.25) is 0 Å². The number of amides is 2. The van der Waals surface area contributed by atoms with E-state index in [9.17, 15) is 4.79 Å². The van der Waals surface area contributed by atoms with E-state index in [0.717, 1.165) is 36.6 Å². The molecule has 33 heavy (non-hydrogen) atoms. The summed E-state index contributed by atoms with van der Waals surface area (Å²) in [5, 5.41) is 3.75. The molecule has 0 radical (unpaired) electrons. The minimum absolute atomic E-state index is 0.0553. The third-order valence-electron chi connectivity index (χ3n) is 6.55. The lowest BCUT2D eigenvalue weighted by Crippen LogP contribution is -2.39. The number of urea groups is 1. The fraction of sp³-hybridized carbons (Fsp3) is 0.346. The number of rotatable bonds is 2. The van der Waals surface area contributed by atoms with Crippen molar-refractivity contribution in [3.8, 4) is 0 Å². The average molecular weight is 462 g/mol. The zero-order valence-corrected chi connectivity index (χ0v) is 19.5. The lowest BCUT2D eigenvalue weighted by atomic mass is 9.96. The first-order valence-corrected chi connectivity index (χ1v) is 11.9. The van der Waals surface area contributed by atoms with Crippen LogP contribution in [0.4, 0.5) is 10.5 Å². The summed E-state index contributed by atoms with van der Waals surface area (Å²) in [5.74, 6) is 0.318. The molecule has 2 aromatic heterocycles. The minimum atomic E-state index is -0.0803. The Morgan fingerprint density at radius 1 is 1.06 bits per heavy atom. The molecule has 1 aliphatic heterocycles. The van der Waals surface area contributed by atoms with Gasteiger partial charge in [0.15, 0.2) is 0 Å².